The van der Waals surface area contributed by atoms with Gasteiger partial charge in [0.25, 0.3) is 0 Å². The van der Waals surface area contributed by atoms with Crippen LogP contribution in [-0.4, -0.2) is 36.6 Å². The molecule has 3 unspecified atom stereocenters. The van der Waals surface area contributed by atoms with Crippen LogP contribution in [0.3, 0.4) is 0 Å². The van der Waals surface area contributed by atoms with Gasteiger partial charge >= 0.3 is 0 Å². The number of fused-ring (bicyclic) bond motifs is 2. The lowest BCUT2D eigenvalue weighted by Crippen LogP contribution is -2.49. The van der Waals surface area contributed by atoms with Crippen LogP contribution in [-0.2, 0) is 0 Å². The number of hydrogen-bond donors (Lipinski definition) is 1. The lowest BCUT2D eigenvalue weighted by atomic mass is 9.93. The standard InChI is InChI=1S/C16H32N2/c1-4-6-7-13(5-2)12-18-15-8-9-16(18)11-14(10-15)17-3/h13-17H,4-12H2,1-3H3. The topological polar surface area (TPSA) is 15.3 Å². The van der Waals surface area contributed by atoms with E-state index in [1.54, 1.807) is 0 Å². The minimum absolute atomic E-state index is 0.787. The summed E-state index contributed by atoms with van der Waals surface area (Å²) >= 11 is 0. The Bertz CT molecular complexity index is 227. The van der Waals surface area contributed by atoms with Crippen LogP contribution < -0.4 is 5.32 Å². The summed E-state index contributed by atoms with van der Waals surface area (Å²) in [5.74, 6) is 0.944. The third-order valence-electron chi connectivity index (χ3n) is 5.30. The molecule has 18 heavy (non-hydrogen) atoms. The molecule has 0 aromatic carbocycles. The van der Waals surface area contributed by atoms with Gasteiger partial charge in [-0.05, 0) is 45.1 Å². The molecule has 2 aliphatic rings. The molecule has 106 valence electrons. The fourth-order valence-electron chi connectivity index (χ4n) is 4.02. The van der Waals surface area contributed by atoms with Crippen LogP contribution >= 0.6 is 0 Å². The molecule has 2 aliphatic heterocycles. The van der Waals surface area contributed by atoms with Gasteiger partial charge in [-0.15, -0.1) is 0 Å². The first-order valence-electron chi connectivity index (χ1n) is 8.21. The molecule has 2 heterocycles. The van der Waals surface area contributed by atoms with Gasteiger partial charge in [-0.1, -0.05) is 33.1 Å². The molecule has 3 atom stereocenters. The molecule has 2 nitrogen and oxygen atoms in total. The first-order chi connectivity index (χ1) is 8.78. The van der Waals surface area contributed by atoms with E-state index in [0.29, 0.717) is 0 Å². The van der Waals surface area contributed by atoms with E-state index >= 15 is 0 Å². The van der Waals surface area contributed by atoms with Gasteiger partial charge in [0.05, 0.1) is 0 Å². The molecular weight excluding hydrogens is 220 g/mol. The maximum atomic E-state index is 3.50. The first kappa shape index (κ1) is 14.3. The van der Waals surface area contributed by atoms with Gasteiger partial charge in [0.2, 0.25) is 0 Å². The number of hydrogen-bond acceptors (Lipinski definition) is 2. The largest absolute Gasteiger partial charge is 0.317 e. The van der Waals surface area contributed by atoms with E-state index in [1.165, 1.54) is 57.9 Å². The quantitative estimate of drug-likeness (QED) is 0.747. The summed E-state index contributed by atoms with van der Waals surface area (Å²) in [7, 11) is 2.13. The lowest BCUT2D eigenvalue weighted by Gasteiger charge is -2.40. The predicted octanol–water partition coefficient (Wildman–Crippen LogP) is 3.42. The van der Waals surface area contributed by atoms with Gasteiger partial charge in [-0.2, -0.15) is 0 Å². The normalized spacial score (nSPS) is 33.8. The van der Waals surface area contributed by atoms with Crippen molar-refractivity contribution in [2.45, 2.75) is 83.3 Å². The summed E-state index contributed by atoms with van der Waals surface area (Å²) in [6, 6.07) is 2.56. The molecule has 1 N–H and O–H groups in total. The van der Waals surface area contributed by atoms with Gasteiger partial charge < -0.3 is 5.32 Å². The number of piperidine rings is 1. The molecule has 2 bridgehead atoms. The summed E-state index contributed by atoms with van der Waals surface area (Å²) in [6.45, 7) is 6.07. The summed E-state index contributed by atoms with van der Waals surface area (Å²) in [4.78, 5) is 2.87. The Kier molecular flexibility index (Phi) is 5.50. The Labute approximate surface area is 114 Å². The molecule has 2 rings (SSSR count). The zero-order chi connectivity index (χ0) is 13.0. The third-order valence-corrected chi connectivity index (χ3v) is 5.30. The minimum Gasteiger partial charge on any atom is -0.317 e. The fourth-order valence-corrected chi connectivity index (χ4v) is 4.02. The van der Waals surface area contributed by atoms with Crippen LogP contribution in [0.25, 0.3) is 0 Å². The van der Waals surface area contributed by atoms with E-state index in [4.69, 9.17) is 0 Å². The van der Waals surface area contributed by atoms with Crippen LogP contribution in [0.4, 0.5) is 0 Å². The number of nitrogens with one attached hydrogen (secondary N) is 1. The SMILES string of the molecule is CCCCC(CC)CN1C2CCC1CC(NC)C2. The second-order valence-electron chi connectivity index (χ2n) is 6.46. The molecule has 0 radical (unpaired) electrons. The molecule has 2 saturated heterocycles. The zero-order valence-corrected chi connectivity index (χ0v) is 12.6. The van der Waals surface area contributed by atoms with Gasteiger partial charge in [-0.3, -0.25) is 4.90 Å². The highest BCUT2D eigenvalue weighted by Gasteiger charge is 2.40. The number of rotatable bonds is 7. The Morgan fingerprint density at radius 2 is 1.83 bits per heavy atom. The van der Waals surface area contributed by atoms with Crippen molar-refractivity contribution in [1.29, 1.82) is 0 Å². The fraction of sp³-hybridized carbons (Fsp3) is 1.00. The second-order valence-corrected chi connectivity index (χ2v) is 6.46. The van der Waals surface area contributed by atoms with E-state index < -0.39 is 0 Å². The van der Waals surface area contributed by atoms with Crippen molar-refractivity contribution in [3.05, 3.63) is 0 Å². The Morgan fingerprint density at radius 3 is 2.33 bits per heavy atom. The van der Waals surface area contributed by atoms with Crippen molar-refractivity contribution in [2.75, 3.05) is 13.6 Å². The highest BCUT2D eigenvalue weighted by molar-refractivity contribution is 4.97. The van der Waals surface area contributed by atoms with Gasteiger partial charge in [0.1, 0.15) is 0 Å². The molecule has 2 heteroatoms. The Morgan fingerprint density at radius 1 is 1.17 bits per heavy atom. The van der Waals surface area contributed by atoms with Crippen molar-refractivity contribution in [3.63, 3.8) is 0 Å². The Balaban J connectivity index is 1.86. The van der Waals surface area contributed by atoms with E-state index in [9.17, 15) is 0 Å². The smallest absolute Gasteiger partial charge is 0.0114 e. The van der Waals surface area contributed by atoms with Crippen LogP contribution in [0.2, 0.25) is 0 Å². The van der Waals surface area contributed by atoms with Gasteiger partial charge in [0.15, 0.2) is 0 Å². The zero-order valence-electron chi connectivity index (χ0n) is 12.6. The molecular formula is C16H32N2. The maximum Gasteiger partial charge on any atom is 0.0114 e. The number of unbranched alkanes of at least 4 members (excludes halogenated alkanes) is 1. The van der Waals surface area contributed by atoms with Crippen LogP contribution in [0.5, 0.6) is 0 Å². The molecule has 0 aromatic rings. The summed E-state index contributed by atoms with van der Waals surface area (Å²) in [6.07, 6.45) is 11.3. The number of nitrogens with zero attached hydrogens (tertiary/aromatic N) is 1. The second kappa shape index (κ2) is 6.91. The highest BCUT2D eigenvalue weighted by Crippen LogP contribution is 2.36. The molecule has 2 fully saturated rings. The molecule has 0 aliphatic carbocycles. The van der Waals surface area contributed by atoms with Crippen LogP contribution in [0.15, 0.2) is 0 Å². The third kappa shape index (κ3) is 3.27. The molecule has 0 amide bonds. The maximum absolute atomic E-state index is 3.50. The van der Waals surface area contributed by atoms with E-state index in [1.807, 2.05) is 0 Å². The van der Waals surface area contributed by atoms with Crippen molar-refractivity contribution in [2.24, 2.45) is 5.92 Å². The predicted molar refractivity (Wildman–Crippen MR) is 78.9 cm³/mol. The van der Waals surface area contributed by atoms with Gasteiger partial charge in [0, 0.05) is 24.7 Å². The van der Waals surface area contributed by atoms with Gasteiger partial charge in [-0.25, -0.2) is 0 Å². The molecule has 0 saturated carbocycles. The Hall–Kier alpha value is -0.0800. The highest BCUT2D eigenvalue weighted by atomic mass is 15.2. The summed E-state index contributed by atoms with van der Waals surface area (Å²) < 4.78 is 0. The summed E-state index contributed by atoms with van der Waals surface area (Å²) in [5.41, 5.74) is 0. The van der Waals surface area contributed by atoms with Crippen LogP contribution in [0.1, 0.15) is 65.2 Å². The van der Waals surface area contributed by atoms with Crippen molar-refractivity contribution in [3.8, 4) is 0 Å². The van der Waals surface area contributed by atoms with E-state index in [2.05, 4.69) is 31.1 Å². The van der Waals surface area contributed by atoms with Crippen molar-refractivity contribution >= 4 is 0 Å². The molecule has 0 spiro atoms. The van der Waals surface area contributed by atoms with E-state index in [-0.39, 0.29) is 0 Å². The average molecular weight is 252 g/mol. The van der Waals surface area contributed by atoms with Crippen molar-refractivity contribution < 1.29 is 0 Å². The first-order valence-corrected chi connectivity index (χ1v) is 8.21. The van der Waals surface area contributed by atoms with E-state index in [0.717, 1.165) is 24.0 Å². The molecule has 0 aromatic heterocycles. The van der Waals surface area contributed by atoms with Crippen LogP contribution in [0, 0.1) is 5.92 Å². The van der Waals surface area contributed by atoms with Crippen molar-refractivity contribution in [1.82, 2.24) is 10.2 Å². The summed E-state index contributed by atoms with van der Waals surface area (Å²) in [5, 5.41) is 3.50. The average Bonchev–Trinajstić information content (AvgIpc) is 2.64. The lowest BCUT2D eigenvalue weighted by molar-refractivity contribution is 0.0959. The minimum atomic E-state index is 0.787. The monoisotopic (exact) mass is 252 g/mol.